The monoisotopic (exact) mass is 421 g/mol. The lowest BCUT2D eigenvalue weighted by molar-refractivity contribution is -0.120. The zero-order valence-electron chi connectivity index (χ0n) is 17.7. The largest absolute Gasteiger partial charge is 0.383 e. The van der Waals surface area contributed by atoms with Crippen LogP contribution in [0.4, 0.5) is 11.5 Å². The van der Waals surface area contributed by atoms with Crippen LogP contribution in [0.25, 0.3) is 0 Å². The van der Waals surface area contributed by atoms with Gasteiger partial charge in [0.15, 0.2) is 0 Å². The molecule has 1 aromatic heterocycles. The lowest BCUT2D eigenvalue weighted by atomic mass is 10.1. The molecule has 0 fully saturated rings. The molecule has 31 heavy (non-hydrogen) atoms. The number of hydrogen-bond acceptors (Lipinski definition) is 5. The summed E-state index contributed by atoms with van der Waals surface area (Å²) in [5.41, 5.74) is 7.00. The highest BCUT2D eigenvalue weighted by Crippen LogP contribution is 2.18. The topological polar surface area (TPSA) is 113 Å². The van der Waals surface area contributed by atoms with Crippen LogP contribution in [0, 0.1) is 0 Å². The van der Waals surface area contributed by atoms with E-state index in [4.69, 9.17) is 5.73 Å². The quantitative estimate of drug-likeness (QED) is 0.514. The van der Waals surface area contributed by atoms with Crippen LogP contribution in [-0.2, 0) is 11.3 Å². The molecule has 0 aliphatic heterocycles. The molecular formula is C23H27N5O3. The molecule has 0 aliphatic carbocycles. The minimum Gasteiger partial charge on any atom is -0.383 e. The highest BCUT2D eigenvalue weighted by Gasteiger charge is 2.21. The summed E-state index contributed by atoms with van der Waals surface area (Å²) in [4.78, 5) is 41.5. The van der Waals surface area contributed by atoms with Gasteiger partial charge in [0.2, 0.25) is 5.91 Å². The van der Waals surface area contributed by atoms with Crippen molar-refractivity contribution in [1.82, 2.24) is 14.9 Å². The molecule has 3 aromatic rings. The van der Waals surface area contributed by atoms with Gasteiger partial charge >= 0.3 is 5.69 Å². The summed E-state index contributed by atoms with van der Waals surface area (Å²) in [5, 5.41) is 2.93. The van der Waals surface area contributed by atoms with Gasteiger partial charge in [0.05, 0.1) is 19.1 Å². The highest BCUT2D eigenvalue weighted by molar-refractivity contribution is 5.82. The fraction of sp³-hybridized carbons (Fsp3) is 0.261. The number of aromatic amines is 1. The molecule has 1 heterocycles. The first-order valence-corrected chi connectivity index (χ1v) is 10.2. The molecule has 8 heteroatoms. The Bertz CT molecular complexity index is 1140. The maximum absolute atomic E-state index is 12.7. The fourth-order valence-electron chi connectivity index (χ4n) is 3.44. The number of H-pyrrole nitrogens is 1. The molecule has 1 unspecified atom stereocenters. The van der Waals surface area contributed by atoms with Gasteiger partial charge < -0.3 is 16.0 Å². The van der Waals surface area contributed by atoms with Gasteiger partial charge in [0.1, 0.15) is 11.5 Å². The third-order valence-corrected chi connectivity index (χ3v) is 5.11. The van der Waals surface area contributed by atoms with Crippen molar-refractivity contribution in [2.75, 3.05) is 23.7 Å². The first-order chi connectivity index (χ1) is 14.9. The van der Waals surface area contributed by atoms with E-state index < -0.39 is 11.2 Å². The van der Waals surface area contributed by atoms with Crippen molar-refractivity contribution in [3.63, 3.8) is 0 Å². The number of carbonyl (C=O) groups excluding carboxylic acids is 1. The number of benzene rings is 2. The number of carbonyl (C=O) groups is 1. The first-order valence-electron chi connectivity index (χ1n) is 10.2. The van der Waals surface area contributed by atoms with E-state index in [1.54, 1.807) is 4.90 Å². The minimum atomic E-state index is -0.613. The molecule has 8 nitrogen and oxygen atoms in total. The third kappa shape index (κ3) is 5.22. The van der Waals surface area contributed by atoms with Crippen molar-refractivity contribution >= 4 is 17.4 Å². The second kappa shape index (κ2) is 9.80. The van der Waals surface area contributed by atoms with Crippen LogP contribution in [0.5, 0.6) is 0 Å². The van der Waals surface area contributed by atoms with Gasteiger partial charge in [-0.1, -0.05) is 60.7 Å². The Morgan fingerprint density at radius 2 is 1.71 bits per heavy atom. The zero-order chi connectivity index (χ0) is 22.4. The lowest BCUT2D eigenvalue weighted by Crippen LogP contribution is -2.43. The Balaban J connectivity index is 1.83. The van der Waals surface area contributed by atoms with Crippen molar-refractivity contribution in [1.29, 1.82) is 0 Å². The standard InChI is InChI=1S/C23H27N5O3/c1-3-27(15-19(29)25-16(2)18-12-8-5-9-13-18)20-21(24)28(23(31)26-22(20)30)14-17-10-6-4-7-11-17/h4-13,16H,3,14-15,24H2,1-2H3,(H,25,29)(H,26,30,31). The maximum Gasteiger partial charge on any atom is 0.330 e. The molecule has 0 aliphatic rings. The average Bonchev–Trinajstić information content (AvgIpc) is 2.77. The highest BCUT2D eigenvalue weighted by atomic mass is 16.2. The van der Waals surface area contributed by atoms with Crippen molar-refractivity contribution in [2.45, 2.75) is 26.4 Å². The number of hydrogen-bond donors (Lipinski definition) is 3. The van der Waals surface area contributed by atoms with Crippen molar-refractivity contribution in [3.05, 3.63) is 92.6 Å². The number of likely N-dealkylation sites (N-methyl/N-ethyl adjacent to an activating group) is 1. The molecule has 0 spiro atoms. The number of nitrogens with one attached hydrogen (secondary N) is 2. The molecule has 0 bridgehead atoms. The number of nitrogen functional groups attached to an aromatic ring is 1. The number of aromatic nitrogens is 2. The summed E-state index contributed by atoms with van der Waals surface area (Å²) in [6, 6.07) is 18.8. The third-order valence-electron chi connectivity index (χ3n) is 5.11. The van der Waals surface area contributed by atoms with E-state index in [1.165, 1.54) is 4.57 Å². The van der Waals surface area contributed by atoms with Gasteiger partial charge in [0.25, 0.3) is 5.56 Å². The van der Waals surface area contributed by atoms with Crippen LogP contribution in [0.3, 0.4) is 0 Å². The Morgan fingerprint density at radius 1 is 1.10 bits per heavy atom. The molecule has 0 saturated heterocycles. The van der Waals surface area contributed by atoms with E-state index in [9.17, 15) is 14.4 Å². The predicted molar refractivity (Wildman–Crippen MR) is 122 cm³/mol. The van der Waals surface area contributed by atoms with E-state index in [-0.39, 0.29) is 36.5 Å². The van der Waals surface area contributed by atoms with Crippen molar-refractivity contribution in [3.8, 4) is 0 Å². The van der Waals surface area contributed by atoms with Gasteiger partial charge in [-0.25, -0.2) is 4.79 Å². The first kappa shape index (κ1) is 21.9. The van der Waals surface area contributed by atoms with Gasteiger partial charge in [-0.3, -0.25) is 19.1 Å². The molecule has 0 radical (unpaired) electrons. The van der Waals surface area contributed by atoms with E-state index in [1.807, 2.05) is 74.5 Å². The maximum atomic E-state index is 12.7. The molecule has 1 amide bonds. The molecular weight excluding hydrogens is 394 g/mol. The smallest absolute Gasteiger partial charge is 0.330 e. The number of nitrogens with zero attached hydrogens (tertiary/aromatic N) is 2. The summed E-state index contributed by atoms with van der Waals surface area (Å²) < 4.78 is 1.30. The van der Waals surface area contributed by atoms with Crippen LogP contribution in [0.1, 0.15) is 31.0 Å². The number of amides is 1. The summed E-state index contributed by atoms with van der Waals surface area (Å²) in [6.07, 6.45) is 0. The molecule has 3 rings (SSSR count). The van der Waals surface area contributed by atoms with Crippen molar-refractivity contribution < 1.29 is 4.79 Å². The number of nitrogens with two attached hydrogens (primary N) is 1. The Hall–Kier alpha value is -3.81. The van der Waals surface area contributed by atoms with E-state index in [0.717, 1.165) is 11.1 Å². The van der Waals surface area contributed by atoms with Gasteiger partial charge in [-0.2, -0.15) is 0 Å². The van der Waals surface area contributed by atoms with Gasteiger partial charge in [0, 0.05) is 6.54 Å². The summed E-state index contributed by atoms with van der Waals surface area (Å²) in [5.74, 6) is -0.221. The number of rotatable bonds is 8. The summed E-state index contributed by atoms with van der Waals surface area (Å²) >= 11 is 0. The zero-order valence-corrected chi connectivity index (χ0v) is 17.7. The molecule has 4 N–H and O–H groups in total. The Kier molecular flexibility index (Phi) is 6.92. The average molecular weight is 422 g/mol. The Labute approximate surface area is 180 Å². The van der Waals surface area contributed by atoms with Gasteiger partial charge in [-0.05, 0) is 25.0 Å². The summed E-state index contributed by atoms with van der Waals surface area (Å²) in [6.45, 7) is 4.22. The second-order valence-electron chi connectivity index (χ2n) is 7.28. The summed E-state index contributed by atoms with van der Waals surface area (Å²) in [7, 11) is 0. The number of anilines is 2. The molecule has 0 saturated carbocycles. The molecule has 1 atom stereocenters. The van der Waals surface area contributed by atoms with Crippen LogP contribution in [0.2, 0.25) is 0 Å². The van der Waals surface area contributed by atoms with Crippen LogP contribution < -0.4 is 27.2 Å². The Morgan fingerprint density at radius 3 is 2.32 bits per heavy atom. The second-order valence-corrected chi connectivity index (χ2v) is 7.28. The van der Waals surface area contributed by atoms with E-state index >= 15 is 0 Å². The SMILES string of the molecule is CCN(CC(=O)NC(C)c1ccccc1)c1c(N)n(Cc2ccccc2)c(=O)[nH]c1=O. The van der Waals surface area contributed by atoms with E-state index in [0.29, 0.717) is 6.54 Å². The van der Waals surface area contributed by atoms with Gasteiger partial charge in [-0.15, -0.1) is 0 Å². The molecule has 162 valence electrons. The normalized spacial score (nSPS) is 11.7. The molecule has 2 aromatic carbocycles. The van der Waals surface area contributed by atoms with Crippen LogP contribution in [-0.4, -0.2) is 28.5 Å². The van der Waals surface area contributed by atoms with Crippen LogP contribution >= 0.6 is 0 Å². The van der Waals surface area contributed by atoms with Crippen molar-refractivity contribution in [2.24, 2.45) is 0 Å². The lowest BCUT2D eigenvalue weighted by Gasteiger charge is -2.25. The van der Waals surface area contributed by atoms with E-state index in [2.05, 4.69) is 10.3 Å². The predicted octanol–water partition coefficient (Wildman–Crippen LogP) is 1.87. The van der Waals surface area contributed by atoms with Crippen LogP contribution in [0.15, 0.2) is 70.3 Å². The minimum absolute atomic E-state index is 0.0309. The fourth-order valence-corrected chi connectivity index (χ4v) is 3.44.